The first-order valence-electron chi connectivity index (χ1n) is 13.5. The third-order valence-electron chi connectivity index (χ3n) is 7.30. The molecule has 6 aromatic rings. The normalized spacial score (nSPS) is 11.8. The summed E-state index contributed by atoms with van der Waals surface area (Å²) in [5.74, 6) is 6.44. The van der Waals surface area contributed by atoms with E-state index in [-0.39, 0.29) is 11.5 Å². The lowest BCUT2D eigenvalue weighted by molar-refractivity contribution is 0.0938. The van der Waals surface area contributed by atoms with Crippen LogP contribution in [-0.2, 0) is 7.05 Å². The molecule has 10 heteroatoms. The second-order valence-electron chi connectivity index (χ2n) is 10.1. The zero-order valence-electron chi connectivity index (χ0n) is 23.9. The van der Waals surface area contributed by atoms with Crippen LogP contribution in [0.25, 0.3) is 22.2 Å². The van der Waals surface area contributed by atoms with E-state index in [1.165, 1.54) is 0 Å². The average Bonchev–Trinajstić information content (AvgIpc) is 3.44. The number of carbonyl (C=O) groups is 1. The average molecular weight is 557 g/mol. The molecule has 1 N–H and O–H groups in total. The van der Waals surface area contributed by atoms with Gasteiger partial charge in [-0.25, -0.2) is 14.5 Å². The maximum Gasteiger partial charge on any atom is 0.267 e. The molecule has 0 saturated carbocycles. The Morgan fingerprint density at radius 1 is 0.952 bits per heavy atom. The Hall–Kier alpha value is -5.56. The number of fused-ring (bicyclic) bond motifs is 2. The summed E-state index contributed by atoms with van der Waals surface area (Å²) >= 11 is 0. The number of aromatic nitrogens is 7. The van der Waals surface area contributed by atoms with Crippen LogP contribution in [0.4, 0.5) is 0 Å². The Morgan fingerprint density at radius 3 is 2.48 bits per heavy atom. The molecule has 208 valence electrons. The molecule has 0 aliphatic heterocycles. The summed E-state index contributed by atoms with van der Waals surface area (Å²) in [5, 5.41) is 12.3. The summed E-state index contributed by atoms with van der Waals surface area (Å²) in [4.78, 5) is 37.0. The van der Waals surface area contributed by atoms with Crippen LogP contribution in [0.5, 0.6) is 0 Å². The summed E-state index contributed by atoms with van der Waals surface area (Å²) in [6.07, 6.45) is 3.36. The molecule has 6 rings (SSSR count). The fraction of sp³-hybridized carbons (Fsp3) is 0.188. The number of hydrogen-bond acceptors (Lipinski definition) is 6. The largest absolute Gasteiger partial charge is 0.342 e. The van der Waals surface area contributed by atoms with Gasteiger partial charge in [0, 0.05) is 25.0 Å². The Labute approximate surface area is 241 Å². The molecule has 1 amide bonds. The van der Waals surface area contributed by atoms with Crippen LogP contribution in [0.2, 0.25) is 0 Å². The van der Waals surface area contributed by atoms with E-state index in [1.807, 2.05) is 63.4 Å². The zero-order chi connectivity index (χ0) is 29.5. The number of para-hydroxylation sites is 1. The predicted molar refractivity (Wildman–Crippen MR) is 160 cm³/mol. The molecule has 0 bridgehead atoms. The number of nitrogens with zero attached hydrogens (tertiary/aromatic N) is 7. The molecular formula is C32H28N8O2. The number of aryl methyl sites for hydroxylation is 3. The molecule has 10 nitrogen and oxygen atoms in total. The Bertz CT molecular complexity index is 2130. The smallest absolute Gasteiger partial charge is 0.267 e. The second kappa shape index (κ2) is 10.4. The minimum absolute atomic E-state index is 0.277. The number of nitrogens with one attached hydrogen (secondary N) is 1. The molecule has 0 spiro atoms. The van der Waals surface area contributed by atoms with Gasteiger partial charge in [-0.1, -0.05) is 36.1 Å². The first-order chi connectivity index (χ1) is 20.2. The summed E-state index contributed by atoms with van der Waals surface area (Å²) in [6.45, 7) is 7.44. The van der Waals surface area contributed by atoms with Crippen LogP contribution >= 0.6 is 0 Å². The molecule has 42 heavy (non-hydrogen) atoms. The first kappa shape index (κ1) is 26.7. The van der Waals surface area contributed by atoms with Gasteiger partial charge in [-0.05, 0) is 58.0 Å². The Balaban J connectivity index is 1.49. The topological polar surface area (TPSA) is 112 Å². The van der Waals surface area contributed by atoms with Gasteiger partial charge in [0.25, 0.3) is 11.5 Å². The van der Waals surface area contributed by atoms with Crippen molar-refractivity contribution in [2.75, 3.05) is 0 Å². The van der Waals surface area contributed by atoms with E-state index < -0.39 is 6.04 Å². The highest BCUT2D eigenvalue weighted by molar-refractivity contribution is 6.01. The molecule has 0 aliphatic carbocycles. The predicted octanol–water partition coefficient (Wildman–Crippen LogP) is 3.98. The molecular weight excluding hydrogens is 528 g/mol. The lowest BCUT2D eigenvalue weighted by atomic mass is 10.1. The highest BCUT2D eigenvalue weighted by atomic mass is 16.2. The molecule has 0 aliphatic rings. The molecule has 0 fully saturated rings. The van der Waals surface area contributed by atoms with Crippen LogP contribution in [-0.4, -0.2) is 39.8 Å². The molecule has 2 aromatic carbocycles. The SMILES string of the molecule is Cc1nn(C)c(C)c1C#Cc1cccc2nc([C@@H](C)NC(=O)c3c(C)nn4cccnc34)n(-c3ccccc3)c(=O)c12. The van der Waals surface area contributed by atoms with Crippen LogP contribution in [0.3, 0.4) is 0 Å². The van der Waals surface area contributed by atoms with Crippen molar-refractivity contribution in [1.82, 2.24) is 39.2 Å². The van der Waals surface area contributed by atoms with Gasteiger partial charge in [-0.3, -0.25) is 18.8 Å². The molecule has 4 aromatic heterocycles. The third-order valence-corrected chi connectivity index (χ3v) is 7.30. The van der Waals surface area contributed by atoms with Gasteiger partial charge in [-0.15, -0.1) is 0 Å². The van der Waals surface area contributed by atoms with E-state index in [4.69, 9.17) is 4.98 Å². The molecule has 1 atom stereocenters. The third kappa shape index (κ3) is 4.51. The van der Waals surface area contributed by atoms with Crippen molar-refractivity contribution >= 4 is 22.5 Å². The van der Waals surface area contributed by atoms with Crippen molar-refractivity contribution in [2.24, 2.45) is 7.05 Å². The zero-order valence-corrected chi connectivity index (χ0v) is 23.9. The van der Waals surface area contributed by atoms with E-state index in [0.29, 0.717) is 44.9 Å². The molecule has 0 saturated heterocycles. The lowest BCUT2D eigenvalue weighted by Gasteiger charge is -2.20. The summed E-state index contributed by atoms with van der Waals surface area (Å²) in [6, 6.07) is 15.8. The van der Waals surface area contributed by atoms with Gasteiger partial charge in [0.15, 0.2) is 5.65 Å². The minimum atomic E-state index is -0.636. The van der Waals surface area contributed by atoms with E-state index in [2.05, 4.69) is 32.3 Å². The Morgan fingerprint density at radius 2 is 1.74 bits per heavy atom. The molecule has 0 radical (unpaired) electrons. The van der Waals surface area contributed by atoms with E-state index in [0.717, 1.165) is 17.0 Å². The van der Waals surface area contributed by atoms with Crippen molar-refractivity contribution in [3.63, 3.8) is 0 Å². The standard InChI is InChI=1S/C32H28N8O2/c1-19-25(22(4)38(5)36-19)16-15-23-11-9-14-26-28(23)32(42)40(24-12-7-6-8-13-24)29(35-26)21(3)34-31(41)27-20(2)37-39-18-10-17-33-30(27)39/h6-14,17-18,21H,1-5H3,(H,34,41)/t21-/m1/s1. The number of hydrogen-bond donors (Lipinski definition) is 1. The number of amides is 1. The van der Waals surface area contributed by atoms with Gasteiger partial charge in [-0.2, -0.15) is 10.2 Å². The quantitative estimate of drug-likeness (QED) is 0.329. The van der Waals surface area contributed by atoms with Crippen LogP contribution < -0.4 is 10.9 Å². The van der Waals surface area contributed by atoms with Crippen molar-refractivity contribution in [3.05, 3.63) is 117 Å². The second-order valence-corrected chi connectivity index (χ2v) is 10.1. The number of rotatable bonds is 4. The molecule has 0 unspecified atom stereocenters. The van der Waals surface area contributed by atoms with Crippen molar-refractivity contribution < 1.29 is 4.79 Å². The van der Waals surface area contributed by atoms with E-state index in [9.17, 15) is 9.59 Å². The van der Waals surface area contributed by atoms with Gasteiger partial charge >= 0.3 is 0 Å². The first-order valence-corrected chi connectivity index (χ1v) is 13.5. The van der Waals surface area contributed by atoms with Crippen LogP contribution in [0, 0.1) is 32.6 Å². The summed E-state index contributed by atoms with van der Waals surface area (Å²) < 4.78 is 4.90. The minimum Gasteiger partial charge on any atom is -0.342 e. The highest BCUT2D eigenvalue weighted by Crippen LogP contribution is 2.22. The number of carbonyl (C=O) groups excluding carboxylic acids is 1. The highest BCUT2D eigenvalue weighted by Gasteiger charge is 2.24. The van der Waals surface area contributed by atoms with E-state index >= 15 is 0 Å². The lowest BCUT2D eigenvalue weighted by Crippen LogP contribution is -2.33. The van der Waals surface area contributed by atoms with Crippen LogP contribution in [0.1, 0.15) is 57.4 Å². The van der Waals surface area contributed by atoms with Crippen molar-refractivity contribution in [3.8, 4) is 17.5 Å². The van der Waals surface area contributed by atoms with Crippen molar-refractivity contribution in [1.29, 1.82) is 0 Å². The van der Waals surface area contributed by atoms with Gasteiger partial charge in [0.05, 0.1) is 45.3 Å². The summed E-state index contributed by atoms with van der Waals surface area (Å²) in [5.41, 5.74) is 5.38. The van der Waals surface area contributed by atoms with Crippen molar-refractivity contribution in [2.45, 2.75) is 33.7 Å². The fourth-order valence-electron chi connectivity index (χ4n) is 5.15. The van der Waals surface area contributed by atoms with Gasteiger partial charge in [0.2, 0.25) is 0 Å². The number of benzene rings is 2. The summed E-state index contributed by atoms with van der Waals surface area (Å²) in [7, 11) is 1.88. The van der Waals surface area contributed by atoms with Gasteiger partial charge < -0.3 is 5.32 Å². The molecule has 4 heterocycles. The van der Waals surface area contributed by atoms with E-state index in [1.54, 1.807) is 52.1 Å². The Kier molecular flexibility index (Phi) is 6.63. The fourth-order valence-corrected chi connectivity index (χ4v) is 5.15. The van der Waals surface area contributed by atoms with Crippen LogP contribution in [0.15, 0.2) is 71.8 Å². The maximum atomic E-state index is 14.3. The maximum absolute atomic E-state index is 14.3. The van der Waals surface area contributed by atoms with Gasteiger partial charge in [0.1, 0.15) is 11.4 Å². The monoisotopic (exact) mass is 556 g/mol.